The lowest BCUT2D eigenvalue weighted by molar-refractivity contribution is -0.131. The van der Waals surface area contributed by atoms with Gasteiger partial charge in [0.25, 0.3) is 0 Å². The lowest BCUT2D eigenvalue weighted by Gasteiger charge is -2.37. The number of carbonyl (C=O) groups excluding carboxylic acids is 1. The molecule has 9 heteroatoms. The molecule has 0 aliphatic rings. The summed E-state index contributed by atoms with van der Waals surface area (Å²) in [5, 5.41) is 6.42. The third-order valence-corrected chi connectivity index (χ3v) is 5.77. The van der Waals surface area contributed by atoms with Gasteiger partial charge in [0.05, 0.1) is 35.4 Å². The van der Waals surface area contributed by atoms with E-state index in [1.54, 1.807) is 18.7 Å². The van der Waals surface area contributed by atoms with Gasteiger partial charge < -0.3 is 19.9 Å². The van der Waals surface area contributed by atoms with Crippen LogP contribution in [0.25, 0.3) is 16.9 Å². The number of amides is 1. The van der Waals surface area contributed by atoms with Crippen LogP contribution >= 0.6 is 11.6 Å². The summed E-state index contributed by atoms with van der Waals surface area (Å²) in [7, 11) is 0. The van der Waals surface area contributed by atoms with Crippen LogP contribution in [0.3, 0.4) is 0 Å². The molecule has 2 N–H and O–H groups in total. The van der Waals surface area contributed by atoms with Gasteiger partial charge in [0.1, 0.15) is 5.60 Å². The molecule has 186 valence electrons. The van der Waals surface area contributed by atoms with Crippen molar-refractivity contribution in [2.45, 2.75) is 38.9 Å². The van der Waals surface area contributed by atoms with E-state index in [0.717, 1.165) is 22.5 Å². The minimum atomic E-state index is -0.706. The predicted octanol–water partition coefficient (Wildman–Crippen LogP) is 5.50. The van der Waals surface area contributed by atoms with Crippen LogP contribution in [0, 0.1) is 0 Å². The molecule has 2 aromatic carbocycles. The largest absolute Gasteiger partial charge is 0.363 e. The van der Waals surface area contributed by atoms with Gasteiger partial charge in [0, 0.05) is 29.3 Å². The third-order valence-electron chi connectivity index (χ3n) is 5.49. The van der Waals surface area contributed by atoms with E-state index in [4.69, 9.17) is 16.3 Å². The van der Waals surface area contributed by atoms with Crippen molar-refractivity contribution < 1.29 is 9.53 Å². The van der Waals surface area contributed by atoms with Gasteiger partial charge in [-0.15, -0.1) is 0 Å². The number of ether oxygens (including phenoxy) is 1. The second-order valence-corrected chi connectivity index (χ2v) is 9.96. The Morgan fingerprint density at radius 1 is 1.06 bits per heavy atom. The number of anilines is 2. The Morgan fingerprint density at radius 3 is 2.39 bits per heavy atom. The Labute approximate surface area is 215 Å². The SMILES string of the molecule is CC(C)(C)OC(C)(CNC=O)c1ccc(-c2nc(Nc3ccc(-n4ccnc4)cc3)ncc2Cl)cc1. The quantitative estimate of drug-likeness (QED) is 0.292. The molecule has 0 bridgehead atoms. The van der Waals surface area contributed by atoms with Crippen molar-refractivity contribution in [2.75, 3.05) is 11.9 Å². The Balaban J connectivity index is 1.55. The van der Waals surface area contributed by atoms with Crippen LogP contribution in [-0.4, -0.2) is 38.1 Å². The fourth-order valence-electron chi connectivity index (χ4n) is 3.98. The molecule has 0 fully saturated rings. The molecular weight excluding hydrogens is 476 g/mol. The zero-order valence-corrected chi connectivity index (χ0v) is 21.5. The van der Waals surface area contributed by atoms with Crippen molar-refractivity contribution in [1.82, 2.24) is 24.8 Å². The molecule has 0 aliphatic carbocycles. The van der Waals surface area contributed by atoms with Crippen LogP contribution < -0.4 is 10.6 Å². The summed E-state index contributed by atoms with van der Waals surface area (Å²) >= 11 is 6.46. The molecule has 0 aliphatic heterocycles. The van der Waals surface area contributed by atoms with Crippen molar-refractivity contribution in [3.05, 3.63) is 84.0 Å². The molecule has 1 amide bonds. The molecule has 0 spiro atoms. The highest BCUT2D eigenvalue weighted by molar-refractivity contribution is 6.32. The second kappa shape index (κ2) is 10.5. The van der Waals surface area contributed by atoms with Gasteiger partial charge in [-0.3, -0.25) is 4.79 Å². The number of nitrogens with one attached hydrogen (secondary N) is 2. The molecule has 4 aromatic rings. The number of carbonyl (C=O) groups is 1. The first kappa shape index (κ1) is 25.3. The number of hydrogen-bond acceptors (Lipinski definition) is 6. The number of benzene rings is 2. The Kier molecular flexibility index (Phi) is 7.37. The number of nitrogens with zero attached hydrogens (tertiary/aromatic N) is 4. The van der Waals surface area contributed by atoms with Crippen LogP contribution in [0.1, 0.15) is 33.3 Å². The molecule has 8 nitrogen and oxygen atoms in total. The maximum atomic E-state index is 11.0. The molecule has 36 heavy (non-hydrogen) atoms. The van der Waals surface area contributed by atoms with Gasteiger partial charge in [-0.2, -0.15) is 0 Å². The van der Waals surface area contributed by atoms with E-state index >= 15 is 0 Å². The van der Waals surface area contributed by atoms with Crippen LogP contribution in [0.2, 0.25) is 5.02 Å². The highest BCUT2D eigenvalue weighted by atomic mass is 35.5. The highest BCUT2D eigenvalue weighted by Crippen LogP contribution is 2.33. The molecule has 0 saturated heterocycles. The smallest absolute Gasteiger partial charge is 0.227 e. The van der Waals surface area contributed by atoms with E-state index < -0.39 is 11.2 Å². The maximum absolute atomic E-state index is 11.0. The molecule has 2 heterocycles. The first-order valence-electron chi connectivity index (χ1n) is 11.5. The average molecular weight is 505 g/mol. The normalized spacial score (nSPS) is 13.1. The van der Waals surface area contributed by atoms with Gasteiger partial charge in [-0.25, -0.2) is 15.0 Å². The minimum Gasteiger partial charge on any atom is -0.363 e. The predicted molar refractivity (Wildman–Crippen MR) is 142 cm³/mol. The van der Waals surface area contributed by atoms with Crippen LogP contribution in [0.4, 0.5) is 11.6 Å². The third kappa shape index (κ3) is 6.08. The summed E-state index contributed by atoms with van der Waals surface area (Å²) in [5.74, 6) is 0.435. The summed E-state index contributed by atoms with van der Waals surface area (Å²) in [6.45, 7) is 8.26. The number of aromatic nitrogens is 4. The van der Waals surface area contributed by atoms with Crippen molar-refractivity contribution in [3.8, 4) is 16.9 Å². The summed E-state index contributed by atoms with van der Waals surface area (Å²) in [6, 6.07) is 15.7. The standard InChI is InChI=1S/C27H29ClN6O2/c1-26(2,3)36-27(4,16-30-18-35)20-7-5-19(6-8-20)24-23(28)15-31-25(33-24)32-21-9-11-22(12-10-21)34-14-13-29-17-34/h5-15,17-18H,16H2,1-4H3,(H,30,35)(H,31,32,33). The van der Waals surface area contributed by atoms with Gasteiger partial charge in [-0.05, 0) is 57.5 Å². The van der Waals surface area contributed by atoms with Crippen LogP contribution in [-0.2, 0) is 15.1 Å². The van der Waals surface area contributed by atoms with E-state index in [2.05, 4.69) is 25.6 Å². The maximum Gasteiger partial charge on any atom is 0.227 e. The zero-order chi connectivity index (χ0) is 25.8. The summed E-state index contributed by atoms with van der Waals surface area (Å²) in [6.07, 6.45) is 7.64. The zero-order valence-electron chi connectivity index (χ0n) is 20.7. The molecule has 0 saturated carbocycles. The number of rotatable bonds is 9. The number of imidazole rings is 1. The second-order valence-electron chi connectivity index (χ2n) is 9.55. The van der Waals surface area contributed by atoms with Gasteiger partial charge >= 0.3 is 0 Å². The highest BCUT2D eigenvalue weighted by Gasteiger charge is 2.32. The van der Waals surface area contributed by atoms with Crippen molar-refractivity contribution in [2.24, 2.45) is 0 Å². The molecule has 1 atom stereocenters. The van der Waals surface area contributed by atoms with Crippen LogP contribution in [0.5, 0.6) is 0 Å². The number of halogens is 1. The molecule has 2 aromatic heterocycles. The first-order chi connectivity index (χ1) is 17.2. The van der Waals surface area contributed by atoms with Gasteiger partial charge in [-0.1, -0.05) is 35.9 Å². The molecule has 4 rings (SSSR count). The molecule has 1 unspecified atom stereocenters. The van der Waals surface area contributed by atoms with E-state index in [9.17, 15) is 4.79 Å². The summed E-state index contributed by atoms with van der Waals surface area (Å²) in [4.78, 5) is 24.0. The summed E-state index contributed by atoms with van der Waals surface area (Å²) < 4.78 is 8.24. The Hall–Kier alpha value is -3.75. The number of hydrogen-bond donors (Lipinski definition) is 2. The fraction of sp³-hybridized carbons (Fsp3) is 0.259. The van der Waals surface area contributed by atoms with Crippen molar-refractivity contribution in [3.63, 3.8) is 0 Å². The Morgan fingerprint density at radius 2 is 1.78 bits per heavy atom. The summed E-state index contributed by atoms with van der Waals surface area (Å²) in [5.41, 5.74) is 3.12. The van der Waals surface area contributed by atoms with Gasteiger partial charge in [0.2, 0.25) is 12.4 Å². The Bertz CT molecular complexity index is 1300. The van der Waals surface area contributed by atoms with E-state index in [1.165, 1.54) is 0 Å². The molecular formula is C27H29ClN6O2. The van der Waals surface area contributed by atoms with Crippen molar-refractivity contribution in [1.29, 1.82) is 0 Å². The molecule has 0 radical (unpaired) electrons. The first-order valence-corrected chi connectivity index (χ1v) is 11.9. The fourth-order valence-corrected chi connectivity index (χ4v) is 4.18. The van der Waals surface area contributed by atoms with E-state index in [0.29, 0.717) is 29.6 Å². The lowest BCUT2D eigenvalue weighted by atomic mass is 9.93. The van der Waals surface area contributed by atoms with Gasteiger partial charge in [0.15, 0.2) is 0 Å². The minimum absolute atomic E-state index is 0.342. The van der Waals surface area contributed by atoms with E-state index in [-0.39, 0.29) is 0 Å². The lowest BCUT2D eigenvalue weighted by Crippen LogP contribution is -2.42. The topological polar surface area (TPSA) is 94.0 Å². The van der Waals surface area contributed by atoms with Crippen molar-refractivity contribution >= 4 is 29.6 Å². The average Bonchev–Trinajstić information content (AvgIpc) is 3.39. The monoisotopic (exact) mass is 504 g/mol. The van der Waals surface area contributed by atoms with Crippen LogP contribution in [0.15, 0.2) is 73.4 Å². The van der Waals surface area contributed by atoms with E-state index in [1.807, 2.05) is 87.0 Å².